The lowest BCUT2D eigenvalue weighted by Crippen LogP contribution is -2.38. The van der Waals surface area contributed by atoms with Gasteiger partial charge >= 0.3 is 6.18 Å². The van der Waals surface area contributed by atoms with Crippen molar-refractivity contribution >= 4 is 17.5 Å². The van der Waals surface area contributed by atoms with Crippen molar-refractivity contribution in [1.82, 2.24) is 9.80 Å². The van der Waals surface area contributed by atoms with Crippen LogP contribution < -0.4 is 5.32 Å². The maximum atomic E-state index is 13.1. The van der Waals surface area contributed by atoms with E-state index in [-0.39, 0.29) is 18.1 Å². The number of carbonyl (C=O) groups excluding carboxylic acids is 2. The van der Waals surface area contributed by atoms with Gasteiger partial charge < -0.3 is 15.0 Å². The van der Waals surface area contributed by atoms with Gasteiger partial charge in [0.05, 0.1) is 24.4 Å². The van der Waals surface area contributed by atoms with Gasteiger partial charge in [-0.2, -0.15) is 13.2 Å². The summed E-state index contributed by atoms with van der Waals surface area (Å²) in [7, 11) is 0. The molecule has 1 N–H and O–H groups in total. The van der Waals surface area contributed by atoms with Gasteiger partial charge in [-0.25, -0.2) is 0 Å². The fourth-order valence-electron chi connectivity index (χ4n) is 3.86. The highest BCUT2D eigenvalue weighted by atomic mass is 19.4. The van der Waals surface area contributed by atoms with E-state index in [2.05, 4.69) is 5.32 Å². The number of halogens is 3. The molecule has 0 saturated carbocycles. The Bertz CT molecular complexity index is 938. The highest BCUT2D eigenvalue weighted by Crippen LogP contribution is 2.34. The zero-order valence-corrected chi connectivity index (χ0v) is 19.0. The van der Waals surface area contributed by atoms with Gasteiger partial charge in [-0.1, -0.05) is 42.5 Å². The summed E-state index contributed by atoms with van der Waals surface area (Å²) < 4.78 is 45.0. The third-order valence-electron chi connectivity index (χ3n) is 5.61. The van der Waals surface area contributed by atoms with Crippen LogP contribution in [0.2, 0.25) is 0 Å². The van der Waals surface area contributed by atoms with Gasteiger partial charge in [-0.3, -0.25) is 14.5 Å². The van der Waals surface area contributed by atoms with Crippen molar-refractivity contribution in [3.8, 4) is 0 Å². The number of carbonyl (C=O) groups is 2. The summed E-state index contributed by atoms with van der Waals surface area (Å²) in [5.41, 5.74) is -0.0304. The lowest BCUT2D eigenvalue weighted by atomic mass is 10.1. The summed E-state index contributed by atoms with van der Waals surface area (Å²) >= 11 is 0. The van der Waals surface area contributed by atoms with Gasteiger partial charge in [0.25, 0.3) is 0 Å². The lowest BCUT2D eigenvalue weighted by Gasteiger charge is -2.22. The first-order valence-corrected chi connectivity index (χ1v) is 11.4. The minimum Gasteiger partial charge on any atom is -0.377 e. The van der Waals surface area contributed by atoms with Gasteiger partial charge in [0.15, 0.2) is 0 Å². The van der Waals surface area contributed by atoms with Gasteiger partial charge in [0.1, 0.15) is 0 Å². The van der Waals surface area contributed by atoms with Crippen LogP contribution in [0.15, 0.2) is 54.6 Å². The summed E-state index contributed by atoms with van der Waals surface area (Å²) in [6.45, 7) is 3.16. The minimum absolute atomic E-state index is 0.0262. The molecule has 2 amide bonds. The predicted molar refractivity (Wildman–Crippen MR) is 123 cm³/mol. The van der Waals surface area contributed by atoms with Crippen LogP contribution in [0.25, 0.3) is 0 Å². The van der Waals surface area contributed by atoms with Gasteiger partial charge in [0.2, 0.25) is 11.8 Å². The Balaban J connectivity index is 1.38. The second-order valence-electron chi connectivity index (χ2n) is 8.24. The second-order valence-corrected chi connectivity index (χ2v) is 8.24. The van der Waals surface area contributed by atoms with Crippen LogP contribution in [0.1, 0.15) is 30.4 Å². The number of hydrogen-bond acceptors (Lipinski definition) is 4. The number of benzene rings is 2. The van der Waals surface area contributed by atoms with E-state index in [0.717, 1.165) is 11.6 Å². The van der Waals surface area contributed by atoms with Crippen LogP contribution in [0.3, 0.4) is 0 Å². The predicted octanol–water partition coefficient (Wildman–Crippen LogP) is 4.18. The van der Waals surface area contributed by atoms with Crippen molar-refractivity contribution in [2.24, 2.45) is 0 Å². The van der Waals surface area contributed by atoms with Crippen molar-refractivity contribution in [3.05, 3.63) is 65.7 Å². The Morgan fingerprint density at radius 2 is 1.68 bits per heavy atom. The maximum Gasteiger partial charge on any atom is 0.418 e. The minimum atomic E-state index is -4.54. The second kappa shape index (κ2) is 12.5. The molecule has 0 aromatic heterocycles. The SMILES string of the molecule is O=C(CN1CCCN(C(=O)CCCOCc2ccccc2)CC1)Nc1ccccc1C(F)(F)F. The van der Waals surface area contributed by atoms with Crippen LogP contribution in [-0.2, 0) is 27.1 Å². The van der Waals surface area contributed by atoms with Gasteiger partial charge in [-0.15, -0.1) is 0 Å². The molecule has 1 aliphatic rings. The molecule has 0 unspecified atom stereocenters. The molecule has 1 aliphatic heterocycles. The van der Waals surface area contributed by atoms with Crippen LogP contribution in [0.4, 0.5) is 18.9 Å². The van der Waals surface area contributed by atoms with E-state index in [9.17, 15) is 22.8 Å². The Kier molecular flexibility index (Phi) is 9.47. The monoisotopic (exact) mass is 477 g/mol. The van der Waals surface area contributed by atoms with E-state index in [1.54, 1.807) is 4.90 Å². The number of alkyl halides is 3. The zero-order chi connectivity index (χ0) is 24.4. The van der Waals surface area contributed by atoms with Crippen LogP contribution >= 0.6 is 0 Å². The lowest BCUT2D eigenvalue weighted by molar-refractivity contribution is -0.137. The molecule has 0 aliphatic carbocycles. The summed E-state index contributed by atoms with van der Waals surface area (Å²) in [6, 6.07) is 14.8. The van der Waals surface area contributed by atoms with Crippen LogP contribution in [0, 0.1) is 0 Å². The number of para-hydroxylation sites is 1. The molecule has 0 spiro atoms. The number of anilines is 1. The normalized spacial score (nSPS) is 15.1. The molecule has 2 aromatic carbocycles. The molecule has 1 fully saturated rings. The Morgan fingerprint density at radius 3 is 2.44 bits per heavy atom. The summed E-state index contributed by atoms with van der Waals surface area (Å²) in [6.07, 6.45) is -2.82. The van der Waals surface area contributed by atoms with Gasteiger partial charge in [-0.05, 0) is 30.5 Å². The average molecular weight is 478 g/mol. The van der Waals surface area contributed by atoms with E-state index in [0.29, 0.717) is 58.7 Å². The number of rotatable bonds is 9. The number of amides is 2. The highest BCUT2D eigenvalue weighted by Gasteiger charge is 2.33. The van der Waals surface area contributed by atoms with Crippen LogP contribution in [0.5, 0.6) is 0 Å². The molecule has 1 saturated heterocycles. The summed E-state index contributed by atoms with van der Waals surface area (Å²) in [5.74, 6) is -0.458. The van der Waals surface area contributed by atoms with E-state index in [1.807, 2.05) is 35.2 Å². The molecule has 1 heterocycles. The standard InChI is InChI=1S/C25H30F3N3O3/c26-25(27,28)21-10-4-5-11-22(21)29-23(32)18-30-13-7-14-31(16-15-30)24(33)12-6-17-34-19-20-8-2-1-3-9-20/h1-5,8-11H,6-7,12-19H2,(H,29,32). The van der Waals surface area contributed by atoms with Crippen molar-refractivity contribution < 1.29 is 27.5 Å². The highest BCUT2D eigenvalue weighted by molar-refractivity contribution is 5.93. The smallest absolute Gasteiger partial charge is 0.377 e. The first-order chi connectivity index (χ1) is 16.3. The maximum absolute atomic E-state index is 13.1. The quantitative estimate of drug-likeness (QED) is 0.551. The van der Waals surface area contributed by atoms with Crippen molar-refractivity contribution in [2.45, 2.75) is 32.0 Å². The summed E-state index contributed by atoms with van der Waals surface area (Å²) in [5, 5.41) is 2.38. The Labute approximate surface area is 197 Å². The molecule has 9 heteroatoms. The molecule has 0 radical (unpaired) electrons. The molecule has 34 heavy (non-hydrogen) atoms. The Morgan fingerprint density at radius 1 is 0.941 bits per heavy atom. The number of nitrogens with zero attached hydrogens (tertiary/aromatic N) is 2. The molecule has 2 aromatic rings. The van der Waals surface area contributed by atoms with E-state index >= 15 is 0 Å². The molecular weight excluding hydrogens is 447 g/mol. The van der Waals surface area contributed by atoms with E-state index in [4.69, 9.17) is 4.74 Å². The molecule has 0 atom stereocenters. The zero-order valence-electron chi connectivity index (χ0n) is 19.0. The van der Waals surface area contributed by atoms with E-state index in [1.165, 1.54) is 18.2 Å². The van der Waals surface area contributed by atoms with Crippen molar-refractivity contribution in [2.75, 3.05) is 44.6 Å². The fraction of sp³-hybridized carbons (Fsp3) is 0.440. The average Bonchev–Trinajstić information content (AvgIpc) is 3.04. The third-order valence-corrected chi connectivity index (χ3v) is 5.61. The number of hydrogen-bond donors (Lipinski definition) is 1. The number of ether oxygens (including phenoxy) is 1. The largest absolute Gasteiger partial charge is 0.418 e. The first-order valence-electron chi connectivity index (χ1n) is 11.4. The van der Waals surface area contributed by atoms with Crippen molar-refractivity contribution in [3.63, 3.8) is 0 Å². The van der Waals surface area contributed by atoms with Gasteiger partial charge in [0, 0.05) is 39.2 Å². The molecule has 6 nitrogen and oxygen atoms in total. The van der Waals surface area contributed by atoms with Crippen molar-refractivity contribution in [1.29, 1.82) is 0 Å². The number of nitrogens with one attached hydrogen (secondary N) is 1. The molecule has 184 valence electrons. The Hall–Kier alpha value is -2.91. The third kappa shape index (κ3) is 8.14. The molecule has 0 bridgehead atoms. The fourth-order valence-corrected chi connectivity index (χ4v) is 3.86. The summed E-state index contributed by atoms with van der Waals surface area (Å²) in [4.78, 5) is 28.6. The first kappa shape index (κ1) is 25.7. The van der Waals surface area contributed by atoms with Crippen LogP contribution in [-0.4, -0.2) is 60.9 Å². The molecular formula is C25H30F3N3O3. The topological polar surface area (TPSA) is 61.9 Å². The van der Waals surface area contributed by atoms with E-state index < -0.39 is 17.6 Å². The molecule has 3 rings (SSSR count).